The second-order valence-electron chi connectivity index (χ2n) is 13.0. The molecular weight excluding hydrogens is 484 g/mol. The van der Waals surface area contributed by atoms with E-state index in [1.807, 2.05) is 4.90 Å². The van der Waals surface area contributed by atoms with Crippen LogP contribution in [0.25, 0.3) is 0 Å². The molecule has 0 radical (unpaired) electrons. The number of piperidine rings is 1. The van der Waals surface area contributed by atoms with Gasteiger partial charge in [-0.05, 0) is 31.6 Å². The topological polar surface area (TPSA) is 83.6 Å². The molecule has 9 nitrogen and oxygen atoms in total. The van der Waals surface area contributed by atoms with Crippen LogP contribution in [0.1, 0.15) is 60.3 Å². The molecule has 0 aromatic rings. The zero-order valence-electron chi connectivity index (χ0n) is 24.5. The van der Waals surface area contributed by atoms with Crippen molar-refractivity contribution >= 4 is 12.2 Å². The number of piperazine rings is 1. The molecule has 4 saturated heterocycles. The third kappa shape index (κ3) is 7.15. The Bertz CT molecular complexity index is 781. The summed E-state index contributed by atoms with van der Waals surface area (Å²) in [6.07, 6.45) is 4.09. The van der Waals surface area contributed by atoms with Crippen LogP contribution in [0.15, 0.2) is 0 Å². The number of carbonyl (C=O) groups is 2. The molecule has 0 unspecified atom stereocenters. The van der Waals surface area contributed by atoms with E-state index in [0.717, 1.165) is 84.7 Å². The number of likely N-dealkylation sites (tertiary alicyclic amines) is 1. The zero-order chi connectivity index (χ0) is 27.3. The molecule has 38 heavy (non-hydrogen) atoms. The first-order chi connectivity index (χ1) is 18.2. The van der Waals surface area contributed by atoms with Crippen LogP contribution in [0.4, 0.5) is 0 Å². The zero-order valence-corrected chi connectivity index (χ0v) is 24.5. The number of amides is 1. The number of hydrogen-bond acceptors (Lipinski definition) is 8. The van der Waals surface area contributed by atoms with E-state index < -0.39 is 11.3 Å². The smallest absolute Gasteiger partial charge is 0.240 e. The van der Waals surface area contributed by atoms with Gasteiger partial charge in [0, 0.05) is 70.6 Å². The lowest BCUT2D eigenvalue weighted by atomic mass is 9.84. The lowest BCUT2D eigenvalue weighted by Crippen LogP contribution is -2.68. The summed E-state index contributed by atoms with van der Waals surface area (Å²) in [5, 5.41) is 3.40. The van der Waals surface area contributed by atoms with E-state index >= 15 is 0 Å². The van der Waals surface area contributed by atoms with Crippen molar-refractivity contribution in [3.05, 3.63) is 0 Å². The quantitative estimate of drug-likeness (QED) is 0.425. The number of hydrogen-bond donors (Lipinski definition) is 1. The standard InChI is InChI=1S/C29H52N4O5/c1-22(2)14-26-27(35)33(9-7-30-26)28(21-34,15-23(3)4)20-32-8-6-29(16-24(32)5)37-18-25(19-38-29)17-31-10-12-36-13-11-31/h21-26,30H,6-20H2,1-5H3/t24-,25?,26-,28+,29?/m0/s1. The summed E-state index contributed by atoms with van der Waals surface area (Å²) in [5.41, 5.74) is -0.821. The number of rotatable bonds is 10. The molecule has 1 spiro atoms. The second kappa shape index (κ2) is 13.0. The lowest BCUT2D eigenvalue weighted by Gasteiger charge is -2.52. The van der Waals surface area contributed by atoms with Gasteiger partial charge in [0.05, 0.1) is 32.5 Å². The first-order valence-corrected chi connectivity index (χ1v) is 15.0. The average Bonchev–Trinajstić information content (AvgIpc) is 2.88. The number of nitrogens with zero attached hydrogens (tertiary/aromatic N) is 3. The molecule has 1 N–H and O–H groups in total. The Morgan fingerprint density at radius 3 is 2.39 bits per heavy atom. The summed E-state index contributed by atoms with van der Waals surface area (Å²) in [4.78, 5) is 33.3. The van der Waals surface area contributed by atoms with Gasteiger partial charge in [-0.25, -0.2) is 0 Å². The van der Waals surface area contributed by atoms with Gasteiger partial charge < -0.3 is 29.2 Å². The maximum atomic E-state index is 13.6. The third-order valence-electron chi connectivity index (χ3n) is 8.79. The molecule has 4 fully saturated rings. The van der Waals surface area contributed by atoms with Crippen molar-refractivity contribution in [2.75, 3.05) is 72.2 Å². The first-order valence-electron chi connectivity index (χ1n) is 15.0. The summed E-state index contributed by atoms with van der Waals surface area (Å²) < 4.78 is 18.3. The highest BCUT2D eigenvalue weighted by atomic mass is 16.7. The Labute approximate surface area is 229 Å². The van der Waals surface area contributed by atoms with Crippen molar-refractivity contribution in [3.8, 4) is 0 Å². The fraction of sp³-hybridized carbons (Fsp3) is 0.931. The Morgan fingerprint density at radius 2 is 1.79 bits per heavy atom. The van der Waals surface area contributed by atoms with Crippen LogP contribution < -0.4 is 5.32 Å². The molecular formula is C29H52N4O5. The molecule has 3 atom stereocenters. The fourth-order valence-corrected chi connectivity index (χ4v) is 6.90. The minimum atomic E-state index is -0.821. The molecule has 218 valence electrons. The summed E-state index contributed by atoms with van der Waals surface area (Å²) in [5.74, 6) is 0.634. The van der Waals surface area contributed by atoms with Gasteiger partial charge in [-0.3, -0.25) is 14.6 Å². The summed E-state index contributed by atoms with van der Waals surface area (Å²) in [7, 11) is 0. The number of morpholine rings is 1. The summed E-state index contributed by atoms with van der Waals surface area (Å²) in [6.45, 7) is 19.4. The van der Waals surface area contributed by atoms with E-state index in [1.54, 1.807) is 0 Å². The molecule has 1 amide bonds. The van der Waals surface area contributed by atoms with Gasteiger partial charge in [-0.15, -0.1) is 0 Å². The molecule has 4 heterocycles. The minimum Gasteiger partial charge on any atom is -0.379 e. The van der Waals surface area contributed by atoms with Gasteiger partial charge in [-0.2, -0.15) is 0 Å². The van der Waals surface area contributed by atoms with Crippen molar-refractivity contribution in [2.24, 2.45) is 17.8 Å². The Hall–Kier alpha value is -1.10. The van der Waals surface area contributed by atoms with Gasteiger partial charge in [0.2, 0.25) is 5.91 Å². The highest BCUT2D eigenvalue weighted by Gasteiger charge is 2.49. The predicted molar refractivity (Wildman–Crippen MR) is 147 cm³/mol. The van der Waals surface area contributed by atoms with E-state index in [-0.39, 0.29) is 18.0 Å². The largest absolute Gasteiger partial charge is 0.379 e. The van der Waals surface area contributed by atoms with Crippen molar-refractivity contribution in [1.29, 1.82) is 0 Å². The molecule has 0 aliphatic carbocycles. The van der Waals surface area contributed by atoms with Crippen LogP contribution in [0, 0.1) is 17.8 Å². The molecule has 9 heteroatoms. The van der Waals surface area contributed by atoms with E-state index in [4.69, 9.17) is 14.2 Å². The van der Waals surface area contributed by atoms with Crippen molar-refractivity contribution in [1.82, 2.24) is 20.0 Å². The van der Waals surface area contributed by atoms with E-state index in [2.05, 4.69) is 49.7 Å². The number of aldehydes is 1. The summed E-state index contributed by atoms with van der Waals surface area (Å²) >= 11 is 0. The normalized spacial score (nSPS) is 33.7. The third-order valence-corrected chi connectivity index (χ3v) is 8.79. The fourth-order valence-electron chi connectivity index (χ4n) is 6.90. The molecule has 0 aromatic heterocycles. The molecule has 4 rings (SSSR count). The molecule has 4 aliphatic heterocycles. The van der Waals surface area contributed by atoms with Crippen molar-refractivity contribution in [2.45, 2.75) is 83.7 Å². The number of carbonyl (C=O) groups excluding carboxylic acids is 2. The van der Waals surface area contributed by atoms with Crippen LogP contribution in [0.5, 0.6) is 0 Å². The Kier molecular flexibility index (Phi) is 10.3. The number of ether oxygens (including phenoxy) is 3. The van der Waals surface area contributed by atoms with Gasteiger partial charge in [0.15, 0.2) is 5.79 Å². The SMILES string of the molecule is CC(C)C[C@@H]1NCCN([C@](C=O)(CC(C)C)CN2CCC3(C[C@@H]2C)OCC(CN2CCOCC2)CO3)C1=O. The van der Waals surface area contributed by atoms with E-state index in [0.29, 0.717) is 37.3 Å². The predicted octanol–water partition coefficient (Wildman–Crippen LogP) is 1.99. The van der Waals surface area contributed by atoms with Gasteiger partial charge in [0.1, 0.15) is 11.8 Å². The van der Waals surface area contributed by atoms with Crippen LogP contribution >= 0.6 is 0 Å². The maximum Gasteiger partial charge on any atom is 0.240 e. The van der Waals surface area contributed by atoms with Crippen LogP contribution in [-0.4, -0.2) is 123 Å². The highest BCUT2D eigenvalue weighted by molar-refractivity contribution is 5.87. The molecule has 0 saturated carbocycles. The highest BCUT2D eigenvalue weighted by Crippen LogP contribution is 2.37. The maximum absolute atomic E-state index is 13.6. The van der Waals surface area contributed by atoms with E-state index in [9.17, 15) is 9.59 Å². The van der Waals surface area contributed by atoms with Crippen LogP contribution in [0.2, 0.25) is 0 Å². The van der Waals surface area contributed by atoms with E-state index in [1.165, 1.54) is 0 Å². The van der Waals surface area contributed by atoms with Gasteiger partial charge in [0.25, 0.3) is 0 Å². The molecule has 0 bridgehead atoms. The summed E-state index contributed by atoms with van der Waals surface area (Å²) in [6, 6.07) is -0.0257. The first kappa shape index (κ1) is 29.9. The second-order valence-corrected chi connectivity index (χ2v) is 13.0. The van der Waals surface area contributed by atoms with Crippen molar-refractivity contribution < 1.29 is 23.8 Å². The average molecular weight is 537 g/mol. The Morgan fingerprint density at radius 1 is 1.08 bits per heavy atom. The Balaban J connectivity index is 1.38. The number of nitrogens with one attached hydrogen (secondary N) is 1. The molecule has 0 aromatic carbocycles. The minimum absolute atomic E-state index is 0.0732. The monoisotopic (exact) mass is 536 g/mol. The van der Waals surface area contributed by atoms with Gasteiger partial charge in [-0.1, -0.05) is 27.7 Å². The molecule has 4 aliphatic rings. The van der Waals surface area contributed by atoms with Crippen LogP contribution in [-0.2, 0) is 23.8 Å². The lowest BCUT2D eigenvalue weighted by molar-refractivity contribution is -0.305. The van der Waals surface area contributed by atoms with Crippen LogP contribution in [0.3, 0.4) is 0 Å². The van der Waals surface area contributed by atoms with Crippen molar-refractivity contribution in [3.63, 3.8) is 0 Å². The van der Waals surface area contributed by atoms with Gasteiger partial charge >= 0.3 is 0 Å².